The molecular formula is C31H41NO. The average molecular weight is 444 g/mol. The van der Waals surface area contributed by atoms with Crippen LogP contribution < -0.4 is 5.73 Å². The Hall–Kier alpha value is -2.74. The molecule has 33 heavy (non-hydrogen) atoms. The van der Waals surface area contributed by atoms with Gasteiger partial charge in [0.25, 0.3) is 0 Å². The van der Waals surface area contributed by atoms with Gasteiger partial charge in [0.05, 0.1) is 0 Å². The standard InChI is InChI=1S/C31H41NO/c1-8-9-15-24-25(20-26(30(2,3)4)29(33)28(24)31(5,6)7)27(21-13-11-10-12-14-21)22-16-18-23(32)19-17-22/h10-14,16-20,27,33H,8-9,15,32H2,1-7H3. The predicted octanol–water partition coefficient (Wildman–Crippen LogP) is 8.09. The number of rotatable bonds is 6. The molecule has 1 unspecified atom stereocenters. The Bertz CT molecular complexity index is 1070. The highest BCUT2D eigenvalue weighted by Gasteiger charge is 2.33. The molecule has 0 spiro atoms. The van der Waals surface area contributed by atoms with Crippen LogP contribution in [0.5, 0.6) is 5.75 Å². The number of anilines is 1. The van der Waals surface area contributed by atoms with Gasteiger partial charge in [-0.2, -0.15) is 0 Å². The normalized spacial score (nSPS) is 13.2. The number of aromatic hydroxyl groups is 1. The van der Waals surface area contributed by atoms with Crippen molar-refractivity contribution in [2.24, 2.45) is 0 Å². The highest BCUT2D eigenvalue weighted by atomic mass is 16.3. The number of nitrogens with two attached hydrogens (primary N) is 1. The summed E-state index contributed by atoms with van der Waals surface area (Å²) in [7, 11) is 0. The van der Waals surface area contributed by atoms with Crippen LogP contribution in [0.25, 0.3) is 0 Å². The van der Waals surface area contributed by atoms with E-state index in [1.807, 2.05) is 12.1 Å². The van der Waals surface area contributed by atoms with Crippen molar-refractivity contribution in [3.8, 4) is 5.75 Å². The molecule has 3 rings (SSSR count). The molecule has 2 nitrogen and oxygen atoms in total. The third kappa shape index (κ3) is 5.43. The van der Waals surface area contributed by atoms with E-state index in [4.69, 9.17) is 5.73 Å². The summed E-state index contributed by atoms with van der Waals surface area (Å²) in [4.78, 5) is 0. The van der Waals surface area contributed by atoms with E-state index in [1.54, 1.807) is 0 Å². The number of unbranched alkanes of at least 4 members (excludes halogenated alkanes) is 1. The van der Waals surface area contributed by atoms with E-state index in [-0.39, 0.29) is 16.7 Å². The first-order chi connectivity index (χ1) is 15.4. The fraction of sp³-hybridized carbons (Fsp3) is 0.419. The van der Waals surface area contributed by atoms with Gasteiger partial charge in [-0.15, -0.1) is 0 Å². The summed E-state index contributed by atoms with van der Waals surface area (Å²) in [6, 6.07) is 21.3. The van der Waals surface area contributed by atoms with Crippen LogP contribution in [-0.2, 0) is 17.3 Å². The smallest absolute Gasteiger partial charge is 0.123 e. The molecule has 0 aliphatic rings. The van der Waals surface area contributed by atoms with Gasteiger partial charge in [-0.25, -0.2) is 0 Å². The zero-order valence-corrected chi connectivity index (χ0v) is 21.5. The summed E-state index contributed by atoms with van der Waals surface area (Å²) in [5.74, 6) is 0.537. The second-order valence-corrected chi connectivity index (χ2v) is 11.3. The van der Waals surface area contributed by atoms with Crippen LogP contribution in [0.4, 0.5) is 5.69 Å². The van der Waals surface area contributed by atoms with Gasteiger partial charge in [0, 0.05) is 17.2 Å². The Morgan fingerprint density at radius 1 is 0.818 bits per heavy atom. The van der Waals surface area contributed by atoms with E-state index in [9.17, 15) is 5.11 Å². The van der Waals surface area contributed by atoms with Crippen LogP contribution in [-0.4, -0.2) is 5.11 Å². The summed E-state index contributed by atoms with van der Waals surface area (Å²) in [6.07, 6.45) is 3.16. The lowest BCUT2D eigenvalue weighted by Crippen LogP contribution is -2.22. The van der Waals surface area contributed by atoms with Gasteiger partial charge in [-0.3, -0.25) is 0 Å². The van der Waals surface area contributed by atoms with Crippen molar-refractivity contribution in [3.63, 3.8) is 0 Å². The Morgan fingerprint density at radius 2 is 1.39 bits per heavy atom. The zero-order valence-electron chi connectivity index (χ0n) is 21.5. The van der Waals surface area contributed by atoms with E-state index in [0.29, 0.717) is 5.75 Å². The van der Waals surface area contributed by atoms with Crippen LogP contribution in [0, 0.1) is 0 Å². The van der Waals surface area contributed by atoms with Gasteiger partial charge in [0.15, 0.2) is 0 Å². The van der Waals surface area contributed by atoms with Crippen LogP contribution in [0.1, 0.15) is 101 Å². The number of hydrogen-bond donors (Lipinski definition) is 2. The molecule has 0 saturated heterocycles. The lowest BCUT2D eigenvalue weighted by atomic mass is 9.71. The lowest BCUT2D eigenvalue weighted by molar-refractivity contribution is 0.419. The summed E-state index contributed by atoms with van der Waals surface area (Å²) in [5.41, 5.74) is 13.6. The maximum absolute atomic E-state index is 11.6. The number of nitrogen functional groups attached to an aromatic ring is 1. The average Bonchev–Trinajstić information content (AvgIpc) is 2.73. The Morgan fingerprint density at radius 3 is 1.91 bits per heavy atom. The molecule has 176 valence electrons. The molecule has 3 aromatic rings. The molecule has 0 heterocycles. The van der Waals surface area contributed by atoms with Crippen molar-refractivity contribution >= 4 is 5.69 Å². The fourth-order valence-electron chi connectivity index (χ4n) is 4.88. The minimum atomic E-state index is -0.176. The molecule has 0 aliphatic carbocycles. The largest absolute Gasteiger partial charge is 0.507 e. The van der Waals surface area contributed by atoms with Crippen LogP contribution >= 0.6 is 0 Å². The molecular weight excluding hydrogens is 402 g/mol. The van der Waals surface area contributed by atoms with Crippen molar-refractivity contribution in [2.75, 3.05) is 5.73 Å². The molecule has 0 bridgehead atoms. The van der Waals surface area contributed by atoms with Gasteiger partial charge in [0.1, 0.15) is 5.75 Å². The maximum atomic E-state index is 11.6. The summed E-state index contributed by atoms with van der Waals surface area (Å²) in [6.45, 7) is 15.4. The molecule has 3 N–H and O–H groups in total. The molecule has 0 radical (unpaired) electrons. The van der Waals surface area contributed by atoms with Crippen molar-refractivity contribution in [1.82, 2.24) is 0 Å². The van der Waals surface area contributed by atoms with Gasteiger partial charge in [-0.05, 0) is 63.6 Å². The first-order valence-electron chi connectivity index (χ1n) is 12.2. The third-order valence-corrected chi connectivity index (χ3v) is 6.49. The Labute approximate surface area is 200 Å². The molecule has 3 aromatic carbocycles. The fourth-order valence-corrected chi connectivity index (χ4v) is 4.88. The third-order valence-electron chi connectivity index (χ3n) is 6.49. The van der Waals surface area contributed by atoms with Gasteiger partial charge < -0.3 is 10.8 Å². The van der Waals surface area contributed by atoms with Crippen molar-refractivity contribution in [1.29, 1.82) is 0 Å². The van der Waals surface area contributed by atoms with E-state index < -0.39 is 0 Å². The molecule has 0 aliphatic heterocycles. The van der Waals surface area contributed by atoms with Crippen LogP contribution in [0.3, 0.4) is 0 Å². The number of benzene rings is 3. The minimum absolute atomic E-state index is 0.0708. The number of hydrogen-bond acceptors (Lipinski definition) is 2. The van der Waals surface area contributed by atoms with Crippen molar-refractivity contribution in [3.05, 3.63) is 94.0 Å². The predicted molar refractivity (Wildman–Crippen MR) is 142 cm³/mol. The monoisotopic (exact) mass is 443 g/mol. The van der Waals surface area contributed by atoms with Gasteiger partial charge in [0.2, 0.25) is 0 Å². The highest BCUT2D eigenvalue weighted by molar-refractivity contribution is 5.60. The number of phenols is 1. The maximum Gasteiger partial charge on any atom is 0.123 e. The summed E-state index contributed by atoms with van der Waals surface area (Å²) >= 11 is 0. The zero-order chi connectivity index (χ0) is 24.4. The summed E-state index contributed by atoms with van der Waals surface area (Å²) in [5, 5.41) is 11.6. The molecule has 0 aromatic heterocycles. The van der Waals surface area contributed by atoms with Crippen LogP contribution in [0.2, 0.25) is 0 Å². The second kappa shape index (κ2) is 9.63. The van der Waals surface area contributed by atoms with E-state index in [2.05, 4.69) is 97.0 Å². The Balaban J connectivity index is 2.45. The molecule has 2 heteroatoms. The summed E-state index contributed by atoms with van der Waals surface area (Å²) < 4.78 is 0. The van der Waals surface area contributed by atoms with Gasteiger partial charge in [-0.1, -0.05) is 103 Å². The van der Waals surface area contributed by atoms with E-state index in [1.165, 1.54) is 22.3 Å². The van der Waals surface area contributed by atoms with Crippen molar-refractivity contribution in [2.45, 2.75) is 84.5 Å². The highest BCUT2D eigenvalue weighted by Crippen LogP contribution is 2.47. The second-order valence-electron chi connectivity index (χ2n) is 11.3. The minimum Gasteiger partial charge on any atom is -0.507 e. The quantitative estimate of drug-likeness (QED) is 0.299. The first-order valence-corrected chi connectivity index (χ1v) is 12.2. The lowest BCUT2D eigenvalue weighted by Gasteiger charge is -2.34. The topological polar surface area (TPSA) is 46.2 Å². The molecule has 0 saturated carbocycles. The van der Waals surface area contributed by atoms with E-state index >= 15 is 0 Å². The Kier molecular flexibility index (Phi) is 7.26. The first kappa shape index (κ1) is 24.9. The SMILES string of the molecule is CCCCc1c(C(c2ccccc2)c2ccc(N)cc2)cc(C(C)(C)C)c(O)c1C(C)(C)C. The van der Waals surface area contributed by atoms with Crippen molar-refractivity contribution < 1.29 is 5.11 Å². The number of phenolic OH excluding ortho intramolecular Hbond substituents is 1. The molecule has 0 fully saturated rings. The molecule has 1 atom stereocenters. The molecule has 0 amide bonds. The van der Waals surface area contributed by atoms with Gasteiger partial charge >= 0.3 is 0 Å². The van der Waals surface area contributed by atoms with Crippen LogP contribution in [0.15, 0.2) is 60.7 Å². The van der Waals surface area contributed by atoms with E-state index in [0.717, 1.165) is 36.1 Å².